The van der Waals surface area contributed by atoms with Crippen LogP contribution in [0.2, 0.25) is 10.0 Å². The van der Waals surface area contributed by atoms with Crippen molar-refractivity contribution in [3.8, 4) is 0 Å². The van der Waals surface area contributed by atoms with E-state index in [0.29, 0.717) is 53.4 Å². The molecule has 0 saturated carbocycles. The molecule has 3 aliphatic heterocycles. The van der Waals surface area contributed by atoms with Gasteiger partial charge in [0.05, 0.1) is 22.6 Å². The van der Waals surface area contributed by atoms with E-state index < -0.39 is 0 Å². The summed E-state index contributed by atoms with van der Waals surface area (Å²) in [6.45, 7) is 6.54. The second-order valence-corrected chi connectivity index (χ2v) is 13.2. The Morgan fingerprint density at radius 1 is 0.953 bits per heavy atom. The highest BCUT2D eigenvalue weighted by atomic mass is 35.5. The smallest absolute Gasteiger partial charge is 0.254 e. The Labute approximate surface area is 264 Å². The van der Waals surface area contributed by atoms with E-state index in [4.69, 9.17) is 23.2 Å². The van der Waals surface area contributed by atoms with Gasteiger partial charge in [0.2, 0.25) is 5.91 Å². The Morgan fingerprint density at radius 2 is 1.70 bits per heavy atom. The zero-order chi connectivity index (χ0) is 30.1. The number of aryl methyl sites for hydroxylation is 2. The predicted octanol–water partition coefficient (Wildman–Crippen LogP) is 5.82. The van der Waals surface area contributed by atoms with Crippen LogP contribution in [0.25, 0.3) is 0 Å². The second kappa shape index (κ2) is 12.9. The number of amides is 2. The molecule has 3 aliphatic rings. The molecular weight excluding hydrogens is 581 g/mol. The maximum Gasteiger partial charge on any atom is 0.254 e. The lowest BCUT2D eigenvalue weighted by Gasteiger charge is -2.43. The van der Waals surface area contributed by atoms with Crippen LogP contribution in [0.4, 0.5) is 0 Å². The number of carbonyl (C=O) groups excluding carboxylic acids is 2. The molecule has 3 atom stereocenters. The average Bonchev–Trinajstić information content (AvgIpc) is 3.22. The number of rotatable bonds is 7. The van der Waals surface area contributed by atoms with Crippen molar-refractivity contribution in [1.82, 2.24) is 25.0 Å². The third kappa shape index (κ3) is 6.75. The molecular formula is C34H39Cl2N5O2. The van der Waals surface area contributed by atoms with Crippen molar-refractivity contribution in [2.24, 2.45) is 0 Å². The van der Waals surface area contributed by atoms with Gasteiger partial charge in [0.1, 0.15) is 0 Å². The van der Waals surface area contributed by atoms with Crippen LogP contribution in [0.5, 0.6) is 0 Å². The van der Waals surface area contributed by atoms with Gasteiger partial charge in [0, 0.05) is 62.3 Å². The minimum absolute atomic E-state index is 0.0180. The first kappa shape index (κ1) is 30.1. The van der Waals surface area contributed by atoms with Gasteiger partial charge >= 0.3 is 0 Å². The topological polar surface area (TPSA) is 68.8 Å². The molecule has 43 heavy (non-hydrogen) atoms. The fraction of sp³-hybridized carbons (Fsp3) is 0.441. The van der Waals surface area contributed by atoms with Crippen LogP contribution in [0, 0.1) is 13.8 Å². The maximum atomic E-state index is 13.8. The van der Waals surface area contributed by atoms with Gasteiger partial charge in [-0.3, -0.25) is 19.5 Å². The van der Waals surface area contributed by atoms with Gasteiger partial charge in [-0.2, -0.15) is 0 Å². The zero-order valence-corrected chi connectivity index (χ0v) is 26.3. The molecule has 7 nitrogen and oxygen atoms in total. The normalized spacial score (nSPS) is 23.9. The molecule has 4 heterocycles. The Kier molecular flexibility index (Phi) is 9.05. The van der Waals surface area contributed by atoms with E-state index in [-0.39, 0.29) is 24.4 Å². The SMILES string of the molecule is Cc1cc(C)cc(C(=O)N2CCN(C(=O)CNC3CC4CCC(C3)N4Cc3cccnc3)[C@H](c3ccc(Cl)c(Cl)c3)C2)c1. The largest absolute Gasteiger partial charge is 0.334 e. The Hall–Kier alpha value is -2.97. The molecule has 2 amide bonds. The number of nitrogens with zero attached hydrogens (tertiary/aromatic N) is 4. The lowest BCUT2D eigenvalue weighted by atomic mass is 9.96. The van der Waals surface area contributed by atoms with E-state index in [1.165, 1.54) is 18.4 Å². The third-order valence-corrected chi connectivity index (χ3v) is 10.0. The molecule has 9 heteroatoms. The number of pyridine rings is 1. The van der Waals surface area contributed by atoms with Crippen LogP contribution in [-0.2, 0) is 11.3 Å². The number of piperazine rings is 1. The van der Waals surface area contributed by atoms with Crippen LogP contribution >= 0.6 is 23.2 Å². The second-order valence-electron chi connectivity index (χ2n) is 12.4. The number of benzene rings is 2. The van der Waals surface area contributed by atoms with Gasteiger partial charge in [-0.15, -0.1) is 0 Å². The molecule has 1 N–H and O–H groups in total. The minimum atomic E-state index is -0.315. The van der Waals surface area contributed by atoms with Crippen LogP contribution < -0.4 is 5.32 Å². The summed E-state index contributed by atoms with van der Waals surface area (Å²) in [4.78, 5) is 38.0. The van der Waals surface area contributed by atoms with Crippen molar-refractivity contribution < 1.29 is 9.59 Å². The summed E-state index contributed by atoms with van der Waals surface area (Å²) in [5.74, 6) is 0.0234. The Morgan fingerprint density at radius 3 is 2.37 bits per heavy atom. The molecule has 6 rings (SSSR count). The van der Waals surface area contributed by atoms with Crippen molar-refractivity contribution in [3.63, 3.8) is 0 Å². The van der Waals surface area contributed by atoms with Crippen molar-refractivity contribution in [2.45, 2.75) is 70.2 Å². The summed E-state index contributed by atoms with van der Waals surface area (Å²) in [6.07, 6.45) is 8.26. The van der Waals surface area contributed by atoms with Crippen LogP contribution in [0.15, 0.2) is 60.9 Å². The number of nitrogens with one attached hydrogen (secondary N) is 1. The average molecular weight is 621 g/mol. The predicted molar refractivity (Wildman–Crippen MR) is 170 cm³/mol. The van der Waals surface area contributed by atoms with Crippen LogP contribution in [0.3, 0.4) is 0 Å². The molecule has 1 aromatic heterocycles. The van der Waals surface area contributed by atoms with Gasteiger partial charge in [0.25, 0.3) is 5.91 Å². The first-order valence-electron chi connectivity index (χ1n) is 15.2. The standard InChI is InChI=1S/C34H39Cl2N5O2/c1-22-12-23(2)14-26(13-22)34(43)39-10-11-40(32(21-39)25-5-8-30(35)31(36)15-25)33(42)19-38-27-16-28-6-7-29(17-27)41(28)20-24-4-3-9-37-18-24/h3-5,8-9,12-15,18,27-29,32,38H,6-7,10-11,16-17,19-21H2,1-2H3/t27?,28?,29?,32-/m0/s1. The van der Waals surface area contributed by atoms with Gasteiger partial charge < -0.3 is 15.1 Å². The number of halogens is 2. The van der Waals surface area contributed by atoms with Crippen LogP contribution in [-0.4, -0.2) is 75.8 Å². The third-order valence-electron chi connectivity index (χ3n) is 9.30. The monoisotopic (exact) mass is 619 g/mol. The lowest BCUT2D eigenvalue weighted by Crippen LogP contribution is -2.55. The maximum absolute atomic E-state index is 13.8. The van der Waals surface area contributed by atoms with Gasteiger partial charge in [-0.05, 0) is 81.0 Å². The molecule has 0 radical (unpaired) electrons. The van der Waals surface area contributed by atoms with Crippen molar-refractivity contribution in [1.29, 1.82) is 0 Å². The first-order chi connectivity index (χ1) is 20.7. The number of hydrogen-bond donors (Lipinski definition) is 1. The summed E-state index contributed by atoms with van der Waals surface area (Å²) in [6, 6.07) is 16.6. The minimum Gasteiger partial charge on any atom is -0.334 e. The van der Waals surface area contributed by atoms with E-state index in [1.54, 1.807) is 6.07 Å². The molecule has 0 aliphatic carbocycles. The molecule has 2 bridgehead atoms. The fourth-order valence-electron chi connectivity index (χ4n) is 7.29. The van der Waals surface area contributed by atoms with E-state index in [1.807, 2.05) is 66.4 Å². The highest BCUT2D eigenvalue weighted by molar-refractivity contribution is 6.42. The lowest BCUT2D eigenvalue weighted by molar-refractivity contribution is -0.135. The van der Waals surface area contributed by atoms with Gasteiger partial charge in [0.15, 0.2) is 0 Å². The molecule has 3 saturated heterocycles. The van der Waals surface area contributed by atoms with Crippen molar-refractivity contribution in [3.05, 3.63) is 98.8 Å². The number of fused-ring (bicyclic) bond motifs is 2. The molecule has 0 spiro atoms. The summed E-state index contributed by atoms with van der Waals surface area (Å²) < 4.78 is 0. The number of carbonyl (C=O) groups is 2. The molecule has 226 valence electrons. The van der Waals surface area contributed by atoms with Gasteiger partial charge in [-0.1, -0.05) is 52.5 Å². The highest BCUT2D eigenvalue weighted by Gasteiger charge is 2.41. The molecule has 2 unspecified atom stereocenters. The van der Waals surface area contributed by atoms with E-state index in [2.05, 4.69) is 27.3 Å². The molecule has 2 aromatic carbocycles. The number of aromatic nitrogens is 1. The van der Waals surface area contributed by atoms with E-state index in [0.717, 1.165) is 36.1 Å². The highest BCUT2D eigenvalue weighted by Crippen LogP contribution is 2.37. The quantitative estimate of drug-likeness (QED) is 0.361. The van der Waals surface area contributed by atoms with Crippen molar-refractivity contribution in [2.75, 3.05) is 26.2 Å². The summed E-state index contributed by atoms with van der Waals surface area (Å²) in [5.41, 5.74) is 4.92. The zero-order valence-electron chi connectivity index (χ0n) is 24.8. The Balaban J connectivity index is 1.12. The summed E-state index contributed by atoms with van der Waals surface area (Å²) >= 11 is 12.6. The molecule has 3 aromatic rings. The van der Waals surface area contributed by atoms with Crippen molar-refractivity contribution >= 4 is 35.0 Å². The first-order valence-corrected chi connectivity index (χ1v) is 16.0. The molecule has 3 fully saturated rings. The number of hydrogen-bond acceptors (Lipinski definition) is 5. The van der Waals surface area contributed by atoms with Gasteiger partial charge in [-0.25, -0.2) is 0 Å². The Bertz CT molecular complexity index is 1450. The van der Waals surface area contributed by atoms with E-state index >= 15 is 0 Å². The van der Waals surface area contributed by atoms with E-state index in [9.17, 15) is 9.59 Å². The summed E-state index contributed by atoms with van der Waals surface area (Å²) in [5, 5.41) is 4.52. The fourth-order valence-corrected chi connectivity index (χ4v) is 7.59. The summed E-state index contributed by atoms with van der Waals surface area (Å²) in [7, 11) is 0. The number of piperidine rings is 1. The van der Waals surface area contributed by atoms with Crippen LogP contribution in [0.1, 0.15) is 64.3 Å².